The zero-order chi connectivity index (χ0) is 24.4. The van der Waals surface area contributed by atoms with E-state index in [1.165, 1.54) is 16.7 Å². The van der Waals surface area contributed by atoms with E-state index >= 15 is 0 Å². The lowest BCUT2D eigenvalue weighted by Gasteiger charge is -2.42. The third-order valence-corrected chi connectivity index (χ3v) is 7.13. The predicted octanol–water partition coefficient (Wildman–Crippen LogP) is 6.71. The van der Waals surface area contributed by atoms with Crippen LogP contribution in [0.25, 0.3) is 17.2 Å². The van der Waals surface area contributed by atoms with E-state index in [0.29, 0.717) is 19.0 Å². The third kappa shape index (κ3) is 4.97. The second-order valence-electron chi connectivity index (χ2n) is 9.93. The highest BCUT2D eigenvalue weighted by atomic mass is 16.5. The van der Waals surface area contributed by atoms with Crippen LogP contribution in [0.2, 0.25) is 0 Å². The molecule has 2 heterocycles. The third-order valence-electron chi connectivity index (χ3n) is 7.13. The number of hydrogen-bond acceptors (Lipinski definition) is 3. The highest BCUT2D eigenvalue weighted by Crippen LogP contribution is 2.39. The molecule has 0 bridgehead atoms. The molecule has 35 heavy (non-hydrogen) atoms. The number of piperidine rings is 1. The Morgan fingerprint density at radius 3 is 2.31 bits per heavy atom. The number of fused-ring (bicyclic) bond motifs is 1. The van der Waals surface area contributed by atoms with Crippen molar-refractivity contribution in [2.45, 2.75) is 51.2 Å². The van der Waals surface area contributed by atoms with Gasteiger partial charge in [0, 0.05) is 31.5 Å². The Labute approximate surface area is 208 Å². The molecule has 0 saturated carbocycles. The quantitative estimate of drug-likeness (QED) is 0.418. The second-order valence-corrected chi connectivity index (χ2v) is 9.93. The molecule has 5 rings (SSSR count). The highest BCUT2D eigenvalue weighted by Gasteiger charge is 2.39. The number of hydrogen-bond donors (Lipinski definition) is 0. The second kappa shape index (κ2) is 9.61. The van der Waals surface area contributed by atoms with E-state index in [9.17, 15) is 4.79 Å². The fourth-order valence-electron chi connectivity index (χ4n) is 4.89. The van der Waals surface area contributed by atoms with Crippen molar-refractivity contribution in [3.63, 3.8) is 0 Å². The molecule has 2 aliphatic heterocycles. The van der Waals surface area contributed by atoms with Crippen LogP contribution in [0, 0.1) is 0 Å². The average Bonchev–Trinajstić information content (AvgIpc) is 2.89. The van der Waals surface area contributed by atoms with Crippen molar-refractivity contribution < 1.29 is 14.3 Å². The van der Waals surface area contributed by atoms with Crippen LogP contribution in [0.1, 0.15) is 50.7 Å². The van der Waals surface area contributed by atoms with Crippen molar-refractivity contribution in [3.8, 4) is 22.6 Å². The van der Waals surface area contributed by atoms with E-state index in [0.717, 1.165) is 29.9 Å². The maximum absolute atomic E-state index is 13.1. The molecule has 180 valence electrons. The summed E-state index contributed by atoms with van der Waals surface area (Å²) in [5.74, 6) is 2.14. The molecule has 3 aromatic carbocycles. The lowest BCUT2D eigenvalue weighted by atomic mass is 9.87. The summed E-state index contributed by atoms with van der Waals surface area (Å²) >= 11 is 0. The Morgan fingerprint density at radius 2 is 1.63 bits per heavy atom. The molecule has 1 atom stereocenters. The van der Waals surface area contributed by atoms with Crippen molar-refractivity contribution in [2.24, 2.45) is 0 Å². The fourth-order valence-corrected chi connectivity index (χ4v) is 4.89. The average molecular weight is 468 g/mol. The Balaban J connectivity index is 1.19. The van der Waals surface area contributed by atoms with Gasteiger partial charge in [0.05, 0.1) is 0 Å². The predicted molar refractivity (Wildman–Crippen MR) is 141 cm³/mol. The Kier molecular flexibility index (Phi) is 6.38. The maximum atomic E-state index is 13.1. The summed E-state index contributed by atoms with van der Waals surface area (Å²) in [6.45, 7) is 7.47. The van der Waals surface area contributed by atoms with Gasteiger partial charge in [0.1, 0.15) is 17.1 Å². The first kappa shape index (κ1) is 23.2. The first-order valence-corrected chi connectivity index (χ1v) is 12.6. The Hall–Kier alpha value is -3.53. The fraction of sp³-hybridized carbons (Fsp3) is 0.323. The largest absolute Gasteiger partial charge is 0.482 e. The van der Waals surface area contributed by atoms with E-state index in [1.54, 1.807) is 0 Å². The van der Waals surface area contributed by atoms with E-state index in [1.807, 2.05) is 30.0 Å². The van der Waals surface area contributed by atoms with E-state index in [2.05, 4.69) is 80.6 Å². The summed E-state index contributed by atoms with van der Waals surface area (Å²) in [5.41, 5.74) is 4.39. The van der Waals surface area contributed by atoms with Crippen LogP contribution in [-0.2, 0) is 4.79 Å². The monoisotopic (exact) mass is 467 g/mol. The molecule has 0 aromatic heterocycles. The minimum atomic E-state index is -0.520. The summed E-state index contributed by atoms with van der Waals surface area (Å²) in [6, 6.07) is 24.8. The molecular formula is C31H33NO3. The smallest absolute Gasteiger partial charge is 0.263 e. The number of benzene rings is 3. The molecule has 0 aliphatic carbocycles. The van der Waals surface area contributed by atoms with E-state index < -0.39 is 6.10 Å². The summed E-state index contributed by atoms with van der Waals surface area (Å²) in [4.78, 5) is 15.0. The lowest BCUT2D eigenvalue weighted by Crippen LogP contribution is -2.51. The topological polar surface area (TPSA) is 38.8 Å². The Bertz CT molecular complexity index is 1210. The van der Waals surface area contributed by atoms with Gasteiger partial charge in [-0.05, 0) is 59.9 Å². The number of carbonyl (C=O) groups excluding carboxylic acids is 1. The van der Waals surface area contributed by atoms with Crippen molar-refractivity contribution >= 4 is 12.0 Å². The summed E-state index contributed by atoms with van der Waals surface area (Å²) < 4.78 is 12.5. The number of carbonyl (C=O) groups is 1. The van der Waals surface area contributed by atoms with Crippen LogP contribution in [0.4, 0.5) is 0 Å². The van der Waals surface area contributed by atoms with E-state index in [-0.39, 0.29) is 11.5 Å². The maximum Gasteiger partial charge on any atom is 0.263 e. The summed E-state index contributed by atoms with van der Waals surface area (Å²) in [6.07, 6.45) is 5.38. The van der Waals surface area contributed by atoms with Gasteiger partial charge >= 0.3 is 0 Å². The van der Waals surface area contributed by atoms with Gasteiger partial charge in [-0.2, -0.15) is 0 Å². The molecule has 1 spiro atoms. The standard InChI is InChI=1S/C31H33NO3/c1-22(2)24-9-12-28(13-10-24)34-23(3)30(33)32-19-17-31(18-20-32)16-15-27-21-26(11-14-29(27)35-31)25-7-5-4-6-8-25/h4-16,21-23H,17-20H2,1-3H3. The number of nitrogens with zero attached hydrogens (tertiary/aromatic N) is 1. The minimum absolute atomic E-state index is 0.0282. The van der Waals surface area contributed by atoms with Gasteiger partial charge in [-0.3, -0.25) is 4.79 Å². The zero-order valence-corrected chi connectivity index (χ0v) is 20.7. The van der Waals surface area contributed by atoms with Crippen LogP contribution in [0.3, 0.4) is 0 Å². The van der Waals surface area contributed by atoms with Crippen LogP contribution in [0.15, 0.2) is 78.9 Å². The highest BCUT2D eigenvalue weighted by molar-refractivity contribution is 5.81. The molecule has 0 radical (unpaired) electrons. The number of likely N-dealkylation sites (tertiary alicyclic amines) is 1. The molecule has 3 aromatic rings. The van der Waals surface area contributed by atoms with E-state index in [4.69, 9.17) is 9.47 Å². The molecular weight excluding hydrogens is 434 g/mol. The number of ether oxygens (including phenoxy) is 2. The van der Waals surface area contributed by atoms with Gasteiger partial charge in [0.15, 0.2) is 6.10 Å². The van der Waals surface area contributed by atoms with Gasteiger partial charge in [0.2, 0.25) is 0 Å². The first-order valence-electron chi connectivity index (χ1n) is 12.6. The summed E-state index contributed by atoms with van der Waals surface area (Å²) in [5, 5.41) is 0. The molecule has 1 amide bonds. The van der Waals surface area contributed by atoms with Crippen molar-refractivity contribution in [1.29, 1.82) is 0 Å². The van der Waals surface area contributed by atoms with Gasteiger partial charge < -0.3 is 14.4 Å². The number of amides is 1. The normalized spacial score (nSPS) is 17.1. The van der Waals surface area contributed by atoms with Gasteiger partial charge in [0.25, 0.3) is 5.91 Å². The molecule has 1 saturated heterocycles. The van der Waals surface area contributed by atoms with Gasteiger partial charge in [-0.1, -0.05) is 68.5 Å². The molecule has 1 unspecified atom stereocenters. The van der Waals surface area contributed by atoms with Crippen LogP contribution >= 0.6 is 0 Å². The number of rotatable bonds is 5. The van der Waals surface area contributed by atoms with Crippen LogP contribution in [0.5, 0.6) is 11.5 Å². The SMILES string of the molecule is CC(Oc1ccc(C(C)C)cc1)C(=O)N1CCC2(C=Cc3cc(-c4ccccc4)ccc3O2)CC1. The van der Waals surface area contributed by atoms with Crippen LogP contribution < -0.4 is 9.47 Å². The molecule has 4 nitrogen and oxygen atoms in total. The molecule has 1 fully saturated rings. The minimum Gasteiger partial charge on any atom is -0.482 e. The lowest BCUT2D eigenvalue weighted by molar-refractivity contribution is -0.140. The molecule has 4 heteroatoms. The molecule has 0 N–H and O–H groups in total. The summed E-state index contributed by atoms with van der Waals surface area (Å²) in [7, 11) is 0. The Morgan fingerprint density at radius 1 is 0.914 bits per heavy atom. The first-order chi connectivity index (χ1) is 16.9. The van der Waals surface area contributed by atoms with Crippen molar-refractivity contribution in [3.05, 3.63) is 90.0 Å². The van der Waals surface area contributed by atoms with Gasteiger partial charge in [-0.25, -0.2) is 0 Å². The van der Waals surface area contributed by atoms with Crippen LogP contribution in [-0.4, -0.2) is 35.6 Å². The van der Waals surface area contributed by atoms with Crippen molar-refractivity contribution in [2.75, 3.05) is 13.1 Å². The van der Waals surface area contributed by atoms with Gasteiger partial charge in [-0.15, -0.1) is 0 Å². The molecule has 2 aliphatic rings. The van der Waals surface area contributed by atoms with Crippen molar-refractivity contribution in [1.82, 2.24) is 4.90 Å². The zero-order valence-electron chi connectivity index (χ0n) is 20.7.